The molecule has 2 aromatic heterocycles. The molecule has 0 bridgehead atoms. The largest absolute Gasteiger partial charge is 0.411 e. The Morgan fingerprint density at radius 3 is 2.77 bits per heavy atom. The number of pyridine rings is 1. The minimum atomic E-state index is -1.25. The van der Waals surface area contributed by atoms with Gasteiger partial charge in [-0.15, -0.1) is 5.10 Å². The Kier molecular flexibility index (Phi) is 5.46. The van der Waals surface area contributed by atoms with Gasteiger partial charge in [0.15, 0.2) is 0 Å². The first-order valence-corrected chi connectivity index (χ1v) is 14.2. The van der Waals surface area contributed by atoms with Gasteiger partial charge in [-0.25, -0.2) is 4.79 Å². The molecular weight excluding hydrogens is 416 g/mol. The highest BCUT2D eigenvalue weighted by atomic mass is 28.3. The summed E-state index contributed by atoms with van der Waals surface area (Å²) >= 11 is 0. The number of fused-ring (bicyclic) bond motifs is 2. The smallest absolute Gasteiger partial charge is 0.389 e. The van der Waals surface area contributed by atoms with E-state index in [9.17, 15) is 14.4 Å². The summed E-state index contributed by atoms with van der Waals surface area (Å²) in [6.07, 6.45) is 3.74. The van der Waals surface area contributed by atoms with Crippen LogP contribution in [0.1, 0.15) is 12.8 Å². The van der Waals surface area contributed by atoms with Crippen LogP contribution in [-0.4, -0.2) is 64.3 Å². The molecule has 3 heterocycles. The Bertz CT molecular complexity index is 1030. The number of carbonyl (C=O) groups is 3. The summed E-state index contributed by atoms with van der Waals surface area (Å²) in [6.45, 7) is 7.36. The highest BCUT2D eigenvalue weighted by Crippen LogP contribution is 2.48. The van der Waals surface area contributed by atoms with Crippen LogP contribution in [0.15, 0.2) is 18.5 Å². The van der Waals surface area contributed by atoms with Crippen molar-refractivity contribution in [2.75, 3.05) is 6.54 Å². The van der Waals surface area contributed by atoms with Crippen LogP contribution in [0.4, 0.5) is 4.79 Å². The fourth-order valence-electron chi connectivity index (χ4n) is 4.22. The highest BCUT2D eigenvalue weighted by molar-refractivity contribution is 6.76. The van der Waals surface area contributed by atoms with Crippen LogP contribution in [0.25, 0.3) is 10.9 Å². The molecule has 3 N–H and O–H groups in total. The van der Waals surface area contributed by atoms with Crippen molar-refractivity contribution >= 4 is 36.9 Å². The van der Waals surface area contributed by atoms with Crippen molar-refractivity contribution in [2.24, 2.45) is 11.7 Å². The third-order valence-electron chi connectivity index (χ3n) is 5.87. The van der Waals surface area contributed by atoms with Crippen molar-refractivity contribution in [1.82, 2.24) is 25.0 Å². The summed E-state index contributed by atoms with van der Waals surface area (Å²) in [7, 11) is -1.25. The third kappa shape index (κ3) is 4.55. The van der Waals surface area contributed by atoms with E-state index in [-0.39, 0.29) is 30.3 Å². The number of ether oxygens (including phenoxy) is 1. The standard InChI is InChI=1S/C20H28N6O4Si/c1-31(2,3)7-6-23-18(28)15-9-12-8-14(12)26(15)17(27)11-25-16-10-22-5-4-13(16)19(24-25)30-20(21)29/h4-5,10,12,14-15H,6-9,11H2,1-3H3,(H2,21,29)(H,23,28)/t12-,14-,15+/m1/s1. The van der Waals surface area contributed by atoms with E-state index in [1.807, 2.05) is 0 Å². The summed E-state index contributed by atoms with van der Waals surface area (Å²) in [6, 6.07) is 2.31. The van der Waals surface area contributed by atoms with Gasteiger partial charge in [-0.2, -0.15) is 0 Å². The van der Waals surface area contributed by atoms with Gasteiger partial charge >= 0.3 is 6.09 Å². The molecule has 3 amide bonds. The van der Waals surface area contributed by atoms with E-state index in [0.29, 0.717) is 29.8 Å². The molecule has 0 aromatic carbocycles. The lowest BCUT2D eigenvalue weighted by Crippen LogP contribution is -2.49. The van der Waals surface area contributed by atoms with Gasteiger partial charge in [-0.1, -0.05) is 19.6 Å². The molecule has 10 nitrogen and oxygen atoms in total. The van der Waals surface area contributed by atoms with Gasteiger partial charge in [0.05, 0.1) is 17.1 Å². The predicted octanol–water partition coefficient (Wildman–Crippen LogP) is 1.33. The topological polar surface area (TPSA) is 132 Å². The molecule has 1 aliphatic carbocycles. The molecule has 3 atom stereocenters. The number of hydrogen-bond donors (Lipinski definition) is 2. The van der Waals surface area contributed by atoms with E-state index in [2.05, 4.69) is 35.0 Å². The highest BCUT2D eigenvalue weighted by Gasteiger charge is 2.55. The third-order valence-corrected chi connectivity index (χ3v) is 7.62. The molecule has 0 unspecified atom stereocenters. The SMILES string of the molecule is C[Si](C)(C)CCNC(=O)[C@@H]1C[C@H]2C[C@H]2N1C(=O)Cn1nc(OC(N)=O)c2ccncc21. The number of likely N-dealkylation sites (tertiary alicyclic amines) is 1. The van der Waals surface area contributed by atoms with Gasteiger partial charge in [0.2, 0.25) is 11.8 Å². The van der Waals surface area contributed by atoms with Gasteiger partial charge in [0.25, 0.3) is 5.88 Å². The minimum absolute atomic E-state index is 0.0315. The Morgan fingerprint density at radius 1 is 1.29 bits per heavy atom. The number of nitrogens with zero attached hydrogens (tertiary/aromatic N) is 4. The van der Waals surface area contributed by atoms with E-state index in [1.165, 1.54) is 4.68 Å². The predicted molar refractivity (Wildman–Crippen MR) is 116 cm³/mol. The van der Waals surface area contributed by atoms with Crippen molar-refractivity contribution in [3.8, 4) is 5.88 Å². The number of nitrogens with two attached hydrogens (primary N) is 1. The van der Waals surface area contributed by atoms with Crippen LogP contribution < -0.4 is 15.8 Å². The molecule has 4 rings (SSSR count). The second kappa shape index (κ2) is 7.95. The molecule has 2 aliphatic rings. The van der Waals surface area contributed by atoms with Crippen LogP contribution >= 0.6 is 0 Å². The number of nitrogens with one attached hydrogen (secondary N) is 1. The maximum Gasteiger partial charge on any atom is 0.411 e. The van der Waals surface area contributed by atoms with Gasteiger partial charge in [-0.05, 0) is 30.9 Å². The Balaban J connectivity index is 1.49. The first-order chi connectivity index (χ1) is 14.6. The van der Waals surface area contributed by atoms with Crippen LogP contribution in [0.5, 0.6) is 5.88 Å². The van der Waals surface area contributed by atoms with Gasteiger partial charge < -0.3 is 20.7 Å². The monoisotopic (exact) mass is 444 g/mol. The van der Waals surface area contributed by atoms with Crippen molar-refractivity contribution in [3.05, 3.63) is 18.5 Å². The average Bonchev–Trinajstić information content (AvgIpc) is 3.21. The molecule has 1 aliphatic heterocycles. The molecule has 11 heteroatoms. The molecular formula is C20H28N6O4Si. The molecule has 0 radical (unpaired) electrons. The fraction of sp³-hybridized carbons (Fsp3) is 0.550. The summed E-state index contributed by atoms with van der Waals surface area (Å²) in [4.78, 5) is 43.0. The quantitative estimate of drug-likeness (QED) is 0.619. The van der Waals surface area contributed by atoms with Crippen molar-refractivity contribution < 1.29 is 19.1 Å². The number of rotatable bonds is 7. The maximum atomic E-state index is 13.2. The number of carbonyl (C=O) groups excluding carboxylic acids is 3. The second-order valence-corrected chi connectivity index (χ2v) is 15.1. The van der Waals surface area contributed by atoms with Crippen LogP contribution in [0.3, 0.4) is 0 Å². The first-order valence-electron chi connectivity index (χ1n) is 10.5. The van der Waals surface area contributed by atoms with Crippen LogP contribution in [-0.2, 0) is 16.1 Å². The van der Waals surface area contributed by atoms with Gasteiger partial charge in [-0.3, -0.25) is 19.3 Å². The normalized spacial score (nSPS) is 22.3. The lowest BCUT2D eigenvalue weighted by molar-refractivity contribution is -0.140. The second-order valence-electron chi connectivity index (χ2n) is 9.49. The zero-order valence-corrected chi connectivity index (χ0v) is 19.0. The van der Waals surface area contributed by atoms with E-state index in [0.717, 1.165) is 12.5 Å². The molecule has 2 aromatic rings. The molecule has 1 saturated carbocycles. The van der Waals surface area contributed by atoms with E-state index in [1.54, 1.807) is 23.4 Å². The van der Waals surface area contributed by atoms with E-state index in [4.69, 9.17) is 10.5 Å². The minimum Gasteiger partial charge on any atom is -0.389 e. The molecule has 31 heavy (non-hydrogen) atoms. The maximum absolute atomic E-state index is 13.2. The average molecular weight is 445 g/mol. The van der Waals surface area contributed by atoms with Crippen LogP contribution in [0.2, 0.25) is 25.7 Å². The lowest BCUT2D eigenvalue weighted by atomic mass is 10.1. The molecule has 0 spiro atoms. The number of hydrogen-bond acceptors (Lipinski definition) is 6. The summed E-state index contributed by atoms with van der Waals surface area (Å²) in [5, 5.41) is 7.80. The van der Waals surface area contributed by atoms with Gasteiger partial charge in [0.1, 0.15) is 12.6 Å². The molecule has 166 valence electrons. The fourth-order valence-corrected chi connectivity index (χ4v) is 5.09. The lowest BCUT2D eigenvalue weighted by Gasteiger charge is -2.27. The summed E-state index contributed by atoms with van der Waals surface area (Å²) < 4.78 is 6.41. The number of aromatic nitrogens is 3. The van der Waals surface area contributed by atoms with Crippen molar-refractivity contribution in [2.45, 2.75) is 57.2 Å². The summed E-state index contributed by atoms with van der Waals surface area (Å²) in [5.74, 6) is 0.156. The Hall–Kier alpha value is -2.95. The first kappa shape index (κ1) is 21.3. The Labute approximate surface area is 181 Å². The number of primary amides is 1. The summed E-state index contributed by atoms with van der Waals surface area (Å²) in [5.41, 5.74) is 5.68. The Morgan fingerprint density at radius 2 is 2.06 bits per heavy atom. The zero-order chi connectivity index (χ0) is 22.3. The van der Waals surface area contributed by atoms with Gasteiger partial charge in [0, 0.05) is 26.9 Å². The van der Waals surface area contributed by atoms with E-state index >= 15 is 0 Å². The zero-order valence-electron chi connectivity index (χ0n) is 18.0. The van der Waals surface area contributed by atoms with E-state index < -0.39 is 20.2 Å². The van der Waals surface area contributed by atoms with Crippen molar-refractivity contribution in [1.29, 1.82) is 0 Å². The number of amides is 3. The molecule has 1 saturated heterocycles. The van der Waals surface area contributed by atoms with Crippen molar-refractivity contribution in [3.63, 3.8) is 0 Å². The molecule has 2 fully saturated rings. The van der Waals surface area contributed by atoms with Crippen LogP contribution in [0, 0.1) is 5.92 Å². The number of piperidine rings is 1.